The van der Waals surface area contributed by atoms with E-state index in [-0.39, 0.29) is 0 Å². The molecule has 146 heavy (non-hydrogen) atoms. The molecular weight excluding hydrogens is 2080 g/mol. The van der Waals surface area contributed by atoms with Crippen LogP contribution in [0.3, 0.4) is 0 Å². The van der Waals surface area contributed by atoms with Crippen LogP contribution in [0, 0.1) is 0 Å². The van der Waals surface area contributed by atoms with Gasteiger partial charge in [-0.15, -0.1) is 0 Å². The van der Waals surface area contributed by atoms with Gasteiger partial charge in [-0.05, 0) is 333 Å². The summed E-state index contributed by atoms with van der Waals surface area (Å²) in [5.74, 6) is 0. The fourth-order valence-electron chi connectivity index (χ4n) is 19.5. The quantitative estimate of drug-likeness (QED) is 0.0336. The molecule has 2 aliphatic carbocycles. The zero-order chi connectivity index (χ0) is 100. The molecule has 20 heteroatoms. The zero-order valence-corrected chi connectivity index (χ0v) is 89.5. The molecule has 0 saturated carbocycles. The van der Waals surface area contributed by atoms with Crippen LogP contribution in [0.2, 0.25) is 0 Å². The first-order valence-electron chi connectivity index (χ1n) is 49.9. The van der Waals surface area contributed by atoms with Crippen LogP contribution in [0.1, 0.15) is 47.9 Å². The van der Waals surface area contributed by atoms with E-state index >= 15 is 0 Å². The third-order valence-electron chi connectivity index (χ3n) is 26.9. The van der Waals surface area contributed by atoms with E-state index in [2.05, 4.69) is 472 Å². The number of halogens is 4. The fraction of sp³-hybridized carbons (Fsp3) is 0.238. The van der Waals surface area contributed by atoms with E-state index in [0.717, 1.165) is 156 Å². The summed E-state index contributed by atoms with van der Waals surface area (Å²) in [6, 6.07) is 140. The minimum Gasteiger partial charge on any atom is -0.382 e. The molecule has 0 unspecified atom stereocenters. The molecule has 16 nitrogen and oxygen atoms in total. The van der Waals surface area contributed by atoms with Crippen molar-refractivity contribution in [3.63, 3.8) is 0 Å². The molecule has 0 atom stereocenters. The fourth-order valence-corrected chi connectivity index (χ4v) is 20.6. The molecule has 0 aromatic heterocycles. The van der Waals surface area contributed by atoms with Crippen molar-refractivity contribution in [2.75, 3.05) is 180 Å². The summed E-state index contributed by atoms with van der Waals surface area (Å²) in [7, 11) is 6.74. The second-order valence-corrected chi connectivity index (χ2v) is 39.5. The maximum Gasteiger partial charge on any atom is 0.0701 e. The van der Waals surface area contributed by atoms with Crippen LogP contribution in [-0.4, -0.2) is 161 Å². The van der Waals surface area contributed by atoms with Gasteiger partial charge in [0.1, 0.15) is 0 Å². The molecule has 2 aliphatic rings. The van der Waals surface area contributed by atoms with Crippen LogP contribution in [-0.2, 0) is 67.7 Å². The van der Waals surface area contributed by atoms with E-state index in [1.54, 1.807) is 28.4 Å². The molecule has 16 aromatic carbocycles. The highest BCUT2D eigenvalue weighted by molar-refractivity contribution is 9.11. The molecule has 0 bridgehead atoms. The number of nitrogens with zero attached hydrogens (tertiary/aromatic N) is 4. The summed E-state index contributed by atoms with van der Waals surface area (Å²) in [6.07, 6.45) is 3.01. The van der Waals surface area contributed by atoms with Crippen molar-refractivity contribution >= 4 is 132 Å². The minimum absolute atomic E-state index is 0.417. The number of fused-ring (bicyclic) bond motifs is 6. The molecule has 0 fully saturated rings. The van der Waals surface area contributed by atoms with Gasteiger partial charge in [-0.25, -0.2) is 0 Å². The number of hydrogen-bond acceptors (Lipinski definition) is 16. The highest BCUT2D eigenvalue weighted by Gasteiger charge is 2.45. The molecule has 0 heterocycles. The first kappa shape index (κ1) is 106. The van der Waals surface area contributed by atoms with E-state index < -0.39 is 10.8 Å². The maximum absolute atomic E-state index is 6.43. The number of para-hydroxylation sites is 4. The first-order valence-corrected chi connectivity index (χ1v) is 53.1. The lowest BCUT2D eigenvalue weighted by Crippen LogP contribution is -2.30. The van der Waals surface area contributed by atoms with Gasteiger partial charge in [-0.3, -0.25) is 0 Å². The molecule has 0 radical (unpaired) electrons. The van der Waals surface area contributed by atoms with Crippen LogP contribution in [0.4, 0.5) is 68.2 Å². The Morgan fingerprint density at radius 3 is 0.493 bits per heavy atom. The zero-order valence-electron chi connectivity index (χ0n) is 83.1. The Morgan fingerprint density at radius 1 is 0.164 bits per heavy atom. The molecule has 0 aliphatic heterocycles. The van der Waals surface area contributed by atoms with Gasteiger partial charge in [0.15, 0.2) is 0 Å². The van der Waals surface area contributed by atoms with Gasteiger partial charge >= 0.3 is 0 Å². The van der Waals surface area contributed by atoms with Gasteiger partial charge in [0.25, 0.3) is 0 Å². The first-order chi connectivity index (χ1) is 71.9. The minimum atomic E-state index is -0.440. The van der Waals surface area contributed by atoms with Crippen LogP contribution in [0.25, 0.3) is 66.8 Å². The van der Waals surface area contributed by atoms with Crippen LogP contribution < -0.4 is 19.6 Å². The Hall–Kier alpha value is -11.8. The average molecular weight is 2210 g/mol. The van der Waals surface area contributed by atoms with Crippen molar-refractivity contribution in [3.8, 4) is 66.8 Å². The van der Waals surface area contributed by atoms with Gasteiger partial charge in [0.2, 0.25) is 0 Å². The molecule has 18 rings (SSSR count). The molecule has 748 valence electrons. The van der Waals surface area contributed by atoms with Gasteiger partial charge in [0.05, 0.1) is 106 Å². The second kappa shape index (κ2) is 53.7. The number of ether oxygens (including phenoxy) is 12. The lowest BCUT2D eigenvalue weighted by molar-refractivity contribution is 0.0145. The van der Waals surface area contributed by atoms with Crippen molar-refractivity contribution in [2.45, 2.75) is 36.5 Å². The normalized spacial score (nSPS) is 12.4. The second-order valence-electron chi connectivity index (χ2n) is 35.9. The largest absolute Gasteiger partial charge is 0.382 e. The third kappa shape index (κ3) is 26.6. The van der Waals surface area contributed by atoms with Gasteiger partial charge in [-0.2, -0.15) is 0 Å². The third-order valence-corrected chi connectivity index (χ3v) is 29.0. The molecule has 16 aromatic rings. The molecule has 0 saturated heterocycles. The smallest absolute Gasteiger partial charge is 0.0701 e. The molecule has 0 spiro atoms. The van der Waals surface area contributed by atoms with Gasteiger partial charge < -0.3 is 76.4 Å². The van der Waals surface area contributed by atoms with E-state index in [9.17, 15) is 0 Å². The molecule has 0 N–H and O–H groups in total. The Balaban J connectivity index is 0.000000200. The summed E-state index contributed by atoms with van der Waals surface area (Å²) < 4.78 is 73.8. The van der Waals surface area contributed by atoms with Gasteiger partial charge in [0, 0.05) is 152 Å². The number of anilines is 12. The monoisotopic (exact) mass is 2200 g/mol. The lowest BCUT2D eigenvalue weighted by atomic mass is 9.72. The summed E-state index contributed by atoms with van der Waals surface area (Å²) in [4.78, 5) is 9.16. The topological polar surface area (TPSA) is 124 Å². The summed E-state index contributed by atoms with van der Waals surface area (Å²) in [6.45, 7) is 10.5. The van der Waals surface area contributed by atoms with E-state index in [1.165, 1.54) is 44.5 Å². The van der Waals surface area contributed by atoms with E-state index in [1.807, 2.05) is 0 Å². The lowest BCUT2D eigenvalue weighted by Gasteiger charge is -2.33. The van der Waals surface area contributed by atoms with Crippen LogP contribution in [0.15, 0.2) is 406 Å². The molecular formula is C126H124Br4N4O12. The maximum atomic E-state index is 6.43. The van der Waals surface area contributed by atoms with Crippen LogP contribution >= 0.6 is 63.7 Å². The Bertz CT molecular complexity index is 6150. The van der Waals surface area contributed by atoms with Crippen molar-refractivity contribution in [3.05, 3.63) is 428 Å². The van der Waals surface area contributed by atoms with Crippen molar-refractivity contribution in [1.82, 2.24) is 0 Å². The molecule has 0 amide bonds. The van der Waals surface area contributed by atoms with E-state index in [4.69, 9.17) is 56.8 Å². The van der Waals surface area contributed by atoms with Gasteiger partial charge in [-0.1, -0.05) is 234 Å². The predicted molar refractivity (Wildman–Crippen MR) is 609 cm³/mol. The van der Waals surface area contributed by atoms with Crippen molar-refractivity contribution in [2.24, 2.45) is 0 Å². The number of methoxy groups -OCH3 is 4. The number of rotatable bonds is 52. The van der Waals surface area contributed by atoms with Crippen LogP contribution in [0.5, 0.6) is 0 Å². The predicted octanol–water partition coefficient (Wildman–Crippen LogP) is 31.8. The summed E-state index contributed by atoms with van der Waals surface area (Å²) in [5, 5.41) is 0. The Kier molecular flexibility index (Phi) is 38.8. The summed E-state index contributed by atoms with van der Waals surface area (Å²) in [5.41, 5.74) is 31.4. The Labute approximate surface area is 893 Å². The van der Waals surface area contributed by atoms with Crippen molar-refractivity contribution in [1.29, 1.82) is 0 Å². The highest BCUT2D eigenvalue weighted by Crippen LogP contribution is 2.58. The highest BCUT2D eigenvalue weighted by atomic mass is 79.9. The van der Waals surface area contributed by atoms with Crippen molar-refractivity contribution < 1.29 is 56.8 Å². The average Bonchev–Trinajstić information content (AvgIpc) is 1.56. The van der Waals surface area contributed by atoms with E-state index in [0.29, 0.717) is 132 Å². The summed E-state index contributed by atoms with van der Waals surface area (Å²) >= 11 is 14.5. The standard InChI is InChI=1S/C63H60Br4N2O6.C63H64N2O6/c1-70-35-37-74-41-39-72-33-31-63(32-34-73-40-42-75-38-36-71-2)61-43-47(45-3-17-53(18-4-45)68(55-21-9-49(64)10-22-55)56-23-11-50(65)12-24-56)7-29-59(61)60-30-8-48(44-62(60)63)46-5-19-54(20-6-46)69(57-25-13-51(66)14-26-57)58-27-15-52(67)16-28-58;1-66-39-41-70-45-43-68-37-35-63(36-38-69-44-46-71-42-40-67-2)61-47-51(49-23-29-57(30-24-49)64(53-15-7-3-8-16-53)54-17-9-4-10-18-54)27-33-59(61)60-34-28-52(48-62(60)63)50-25-31-58(32-26-50)65(55-19-11-5-12-20-55)56-21-13-6-14-22-56/h3-30,43-44H,31-42H2,1-2H3;3-34,47-48H,35-46H2,1-2H3. The number of benzene rings is 16. The SMILES string of the molecule is COCCOCCOCCC1(CCOCCOCCOC)c2cc(-c3ccc(N(c4ccc(Br)cc4)c4ccc(Br)cc4)cc3)ccc2-c2ccc(-c3ccc(N(c4ccc(Br)cc4)c4ccc(Br)cc4)cc3)cc21.COCCOCCOCCC1(CCOCCOCCOC)c2cc(-c3ccc(N(c4ccccc4)c4ccccc4)cc3)ccc2-c2ccc(-c3ccc(N(c4ccccc4)c4ccccc4)cc3)cc21. The Morgan fingerprint density at radius 2 is 0.315 bits per heavy atom. The number of hydrogen-bond donors (Lipinski definition) is 0.